The molecule has 2 amide bonds. The van der Waals surface area contributed by atoms with Crippen LogP contribution in [0.2, 0.25) is 0 Å². The van der Waals surface area contributed by atoms with Crippen LogP contribution in [-0.2, 0) is 0 Å². The Bertz CT molecular complexity index is 385. The molecule has 3 heterocycles. The Morgan fingerprint density at radius 3 is 2.93 bits per heavy atom. The first-order chi connectivity index (χ1) is 7.21. The normalized spacial score (nSPS) is 23.1. The van der Waals surface area contributed by atoms with Crippen LogP contribution < -0.4 is 10.2 Å². The molecule has 15 heavy (non-hydrogen) atoms. The molecule has 5 nitrogen and oxygen atoms in total. The second-order valence-corrected chi connectivity index (χ2v) is 4.99. The highest BCUT2D eigenvalue weighted by molar-refractivity contribution is 7.13. The number of hydrogen-bond donors (Lipinski definition) is 1. The molecule has 0 saturated carbocycles. The van der Waals surface area contributed by atoms with E-state index < -0.39 is 0 Å². The summed E-state index contributed by atoms with van der Waals surface area (Å²) in [4.78, 5) is 19.6. The Morgan fingerprint density at radius 2 is 2.40 bits per heavy atom. The predicted octanol–water partition coefficient (Wildman–Crippen LogP) is 0.357. The maximum atomic E-state index is 11.4. The highest BCUT2D eigenvalue weighted by Gasteiger charge is 2.52. The molecule has 2 fully saturated rings. The molecule has 2 aliphatic heterocycles. The molecule has 1 aromatic heterocycles. The van der Waals surface area contributed by atoms with Gasteiger partial charge in [-0.25, -0.2) is 9.78 Å². The van der Waals surface area contributed by atoms with Crippen LogP contribution in [0.15, 0.2) is 11.6 Å². The van der Waals surface area contributed by atoms with Gasteiger partial charge in [0.15, 0.2) is 5.13 Å². The third kappa shape index (κ3) is 1.14. The predicted molar refractivity (Wildman–Crippen MR) is 58.2 cm³/mol. The van der Waals surface area contributed by atoms with Crippen LogP contribution in [0.5, 0.6) is 0 Å². The average molecular weight is 224 g/mol. The van der Waals surface area contributed by atoms with Crippen molar-refractivity contribution in [1.29, 1.82) is 0 Å². The van der Waals surface area contributed by atoms with Gasteiger partial charge in [-0.2, -0.15) is 0 Å². The molecule has 1 N–H and O–H groups in total. The van der Waals surface area contributed by atoms with Gasteiger partial charge in [0, 0.05) is 38.3 Å². The van der Waals surface area contributed by atoms with Gasteiger partial charge in [0.2, 0.25) is 0 Å². The number of anilines is 1. The lowest BCUT2D eigenvalue weighted by atomic mass is 9.90. The fraction of sp³-hybridized carbons (Fsp3) is 0.556. The van der Waals surface area contributed by atoms with E-state index in [1.807, 2.05) is 23.5 Å². The summed E-state index contributed by atoms with van der Waals surface area (Å²) in [5.41, 5.74) is 0.00273. The van der Waals surface area contributed by atoms with E-state index in [4.69, 9.17) is 0 Å². The van der Waals surface area contributed by atoms with Crippen molar-refractivity contribution >= 4 is 22.5 Å². The van der Waals surface area contributed by atoms with E-state index in [2.05, 4.69) is 15.2 Å². The summed E-state index contributed by atoms with van der Waals surface area (Å²) in [6, 6.07) is 0.0359. The first-order valence-corrected chi connectivity index (χ1v) is 5.75. The summed E-state index contributed by atoms with van der Waals surface area (Å²) < 4.78 is 0. The lowest BCUT2D eigenvalue weighted by Crippen LogP contribution is -2.69. The molecule has 0 unspecified atom stereocenters. The zero-order chi connectivity index (χ0) is 10.5. The number of rotatable bonds is 1. The minimum atomic E-state index is 0.00273. The van der Waals surface area contributed by atoms with E-state index >= 15 is 0 Å². The second-order valence-electron chi connectivity index (χ2n) is 4.11. The van der Waals surface area contributed by atoms with Crippen molar-refractivity contribution in [2.75, 3.05) is 31.6 Å². The number of hydrogen-bond acceptors (Lipinski definition) is 4. The molecule has 0 atom stereocenters. The van der Waals surface area contributed by atoms with E-state index in [9.17, 15) is 4.79 Å². The van der Waals surface area contributed by atoms with Gasteiger partial charge in [-0.1, -0.05) is 0 Å². The number of aromatic nitrogens is 1. The van der Waals surface area contributed by atoms with Gasteiger partial charge in [-0.05, 0) is 0 Å². The number of likely N-dealkylation sites (N-methyl/N-ethyl adjacent to an activating group) is 1. The molecule has 2 aliphatic rings. The van der Waals surface area contributed by atoms with Crippen molar-refractivity contribution in [3.05, 3.63) is 11.6 Å². The molecular weight excluding hydrogens is 212 g/mol. The van der Waals surface area contributed by atoms with Crippen LogP contribution in [-0.4, -0.2) is 48.1 Å². The minimum Gasteiger partial charge on any atom is -0.343 e. The largest absolute Gasteiger partial charge is 0.343 e. The van der Waals surface area contributed by atoms with Crippen LogP contribution in [0.4, 0.5) is 9.93 Å². The monoisotopic (exact) mass is 224 g/mol. The zero-order valence-electron chi connectivity index (χ0n) is 8.43. The van der Waals surface area contributed by atoms with Crippen molar-refractivity contribution in [3.63, 3.8) is 0 Å². The molecule has 0 bridgehead atoms. The van der Waals surface area contributed by atoms with Crippen molar-refractivity contribution < 1.29 is 4.79 Å². The number of carbonyl (C=O) groups excluding carboxylic acids is 1. The molecule has 80 valence electrons. The molecule has 6 heteroatoms. The van der Waals surface area contributed by atoms with E-state index in [0.717, 1.165) is 24.8 Å². The molecular formula is C9H12N4OS. The highest BCUT2D eigenvalue weighted by atomic mass is 32.1. The van der Waals surface area contributed by atoms with Crippen molar-refractivity contribution in [2.24, 2.45) is 0 Å². The fourth-order valence-electron chi connectivity index (χ4n) is 2.19. The van der Waals surface area contributed by atoms with Crippen LogP contribution in [0, 0.1) is 0 Å². The summed E-state index contributed by atoms with van der Waals surface area (Å²) in [5.74, 6) is 0. The van der Waals surface area contributed by atoms with Gasteiger partial charge in [0.25, 0.3) is 0 Å². The Morgan fingerprint density at radius 1 is 1.60 bits per heavy atom. The molecule has 3 rings (SSSR count). The van der Waals surface area contributed by atoms with Gasteiger partial charge >= 0.3 is 6.03 Å². The molecule has 0 aromatic carbocycles. The van der Waals surface area contributed by atoms with Gasteiger partial charge in [-0.3, -0.25) is 0 Å². The van der Waals surface area contributed by atoms with Crippen LogP contribution >= 0.6 is 11.3 Å². The quantitative estimate of drug-likeness (QED) is 0.749. The number of nitrogens with one attached hydrogen (secondary N) is 1. The van der Waals surface area contributed by atoms with Crippen molar-refractivity contribution in [1.82, 2.24) is 15.2 Å². The maximum Gasteiger partial charge on any atom is 0.317 e. The molecule has 0 radical (unpaired) electrons. The van der Waals surface area contributed by atoms with Gasteiger partial charge in [0.05, 0.1) is 5.54 Å². The number of amides is 2. The number of nitrogens with zero attached hydrogens (tertiary/aromatic N) is 3. The Kier molecular flexibility index (Phi) is 1.70. The lowest BCUT2D eigenvalue weighted by Gasteiger charge is -2.50. The highest BCUT2D eigenvalue weighted by Crippen LogP contribution is 2.34. The molecule has 0 aliphatic carbocycles. The van der Waals surface area contributed by atoms with Gasteiger partial charge in [0.1, 0.15) is 0 Å². The van der Waals surface area contributed by atoms with E-state index in [1.165, 1.54) is 0 Å². The summed E-state index contributed by atoms with van der Waals surface area (Å²) in [5, 5.41) is 5.89. The maximum absolute atomic E-state index is 11.4. The lowest BCUT2D eigenvalue weighted by molar-refractivity contribution is 0.152. The molecule has 2 saturated heterocycles. The summed E-state index contributed by atoms with van der Waals surface area (Å²) in [7, 11) is 1.86. The summed E-state index contributed by atoms with van der Waals surface area (Å²) in [6.45, 7) is 2.52. The molecule has 1 spiro atoms. The number of urea groups is 1. The van der Waals surface area contributed by atoms with E-state index in [-0.39, 0.29) is 11.6 Å². The summed E-state index contributed by atoms with van der Waals surface area (Å²) >= 11 is 1.64. The van der Waals surface area contributed by atoms with Crippen LogP contribution in [0.3, 0.4) is 0 Å². The second kappa shape index (κ2) is 2.85. The first kappa shape index (κ1) is 8.96. The SMILES string of the molecule is CN1C(=O)NCC12CN(c1nccs1)C2. The van der Waals surface area contributed by atoms with Gasteiger partial charge in [-0.15, -0.1) is 11.3 Å². The smallest absolute Gasteiger partial charge is 0.317 e. The average Bonchev–Trinajstić information content (AvgIpc) is 2.75. The fourth-order valence-corrected chi connectivity index (χ4v) is 2.83. The van der Waals surface area contributed by atoms with Crippen molar-refractivity contribution in [2.45, 2.75) is 5.54 Å². The minimum absolute atomic E-state index is 0.00273. The topological polar surface area (TPSA) is 48.5 Å². The number of carbonyl (C=O) groups is 1. The Labute approximate surface area is 91.7 Å². The Balaban J connectivity index is 1.73. The van der Waals surface area contributed by atoms with E-state index in [1.54, 1.807) is 11.3 Å². The van der Waals surface area contributed by atoms with Crippen LogP contribution in [0.25, 0.3) is 0 Å². The molecule has 1 aromatic rings. The Hall–Kier alpha value is -1.30. The third-order valence-electron chi connectivity index (χ3n) is 3.24. The number of thiazole rings is 1. The van der Waals surface area contributed by atoms with Crippen molar-refractivity contribution in [3.8, 4) is 0 Å². The van der Waals surface area contributed by atoms with Crippen LogP contribution in [0.1, 0.15) is 0 Å². The van der Waals surface area contributed by atoms with E-state index in [0.29, 0.717) is 0 Å². The summed E-state index contributed by atoms with van der Waals surface area (Å²) in [6.07, 6.45) is 1.81. The zero-order valence-corrected chi connectivity index (χ0v) is 9.25. The standard InChI is InChI=1S/C9H12N4OS/c1-12-7(14)11-4-9(12)5-13(6-9)8-10-2-3-15-8/h2-3H,4-6H2,1H3,(H,11,14). The third-order valence-corrected chi connectivity index (χ3v) is 4.08. The van der Waals surface area contributed by atoms with Gasteiger partial charge < -0.3 is 15.1 Å². The first-order valence-electron chi connectivity index (χ1n) is 4.87.